The number of rotatable bonds is 2. The Morgan fingerprint density at radius 3 is 2.86 bits per heavy atom. The van der Waals surface area contributed by atoms with Gasteiger partial charge in [-0.1, -0.05) is 0 Å². The van der Waals surface area contributed by atoms with Gasteiger partial charge in [-0.15, -0.1) is 0 Å². The lowest BCUT2D eigenvalue weighted by atomic mass is 10.1. The lowest BCUT2D eigenvalue weighted by molar-refractivity contribution is 0.00354. The molecule has 21 heavy (non-hydrogen) atoms. The van der Waals surface area contributed by atoms with Gasteiger partial charge in [0.2, 0.25) is 5.75 Å². The maximum absolute atomic E-state index is 12.7. The molecular formula is C15H19NO5. The van der Waals surface area contributed by atoms with Gasteiger partial charge < -0.3 is 23.8 Å². The molecule has 0 bridgehead atoms. The fourth-order valence-corrected chi connectivity index (χ4v) is 2.59. The number of methoxy groups -OCH3 is 1. The summed E-state index contributed by atoms with van der Waals surface area (Å²) in [7, 11) is 1.55. The Bertz CT molecular complexity index is 528. The molecule has 2 heterocycles. The molecule has 0 saturated carbocycles. The molecule has 6 nitrogen and oxygen atoms in total. The van der Waals surface area contributed by atoms with E-state index in [1.165, 1.54) is 0 Å². The second-order valence-corrected chi connectivity index (χ2v) is 5.13. The van der Waals surface area contributed by atoms with Crippen molar-refractivity contribution in [3.8, 4) is 17.2 Å². The summed E-state index contributed by atoms with van der Waals surface area (Å²) in [6.45, 7) is 4.66. The Morgan fingerprint density at radius 1 is 1.29 bits per heavy atom. The highest BCUT2D eigenvalue weighted by Gasteiger charge is 2.27. The molecule has 2 aliphatic rings. The van der Waals surface area contributed by atoms with Crippen LogP contribution in [-0.4, -0.2) is 56.9 Å². The molecule has 1 atom stereocenters. The first kappa shape index (κ1) is 14.0. The Balaban J connectivity index is 1.92. The first-order valence-corrected chi connectivity index (χ1v) is 7.07. The van der Waals surface area contributed by atoms with Crippen LogP contribution in [0, 0.1) is 0 Å². The van der Waals surface area contributed by atoms with Crippen LogP contribution in [0.25, 0.3) is 0 Å². The van der Waals surface area contributed by atoms with Gasteiger partial charge in [-0.2, -0.15) is 0 Å². The van der Waals surface area contributed by atoms with Gasteiger partial charge in [0.1, 0.15) is 13.2 Å². The Labute approximate surface area is 123 Å². The highest BCUT2D eigenvalue weighted by atomic mass is 16.6. The predicted molar refractivity (Wildman–Crippen MR) is 75.3 cm³/mol. The van der Waals surface area contributed by atoms with Crippen LogP contribution in [0.2, 0.25) is 0 Å². The minimum Gasteiger partial charge on any atom is -0.493 e. The summed E-state index contributed by atoms with van der Waals surface area (Å²) >= 11 is 0. The third-order valence-electron chi connectivity index (χ3n) is 3.70. The lowest BCUT2D eigenvalue weighted by Gasteiger charge is -2.33. The summed E-state index contributed by atoms with van der Waals surface area (Å²) in [5.41, 5.74) is 0.546. The van der Waals surface area contributed by atoms with E-state index < -0.39 is 0 Å². The zero-order valence-corrected chi connectivity index (χ0v) is 12.3. The molecule has 1 saturated heterocycles. The van der Waals surface area contributed by atoms with Crippen molar-refractivity contribution in [1.29, 1.82) is 0 Å². The number of morpholine rings is 1. The van der Waals surface area contributed by atoms with E-state index >= 15 is 0 Å². The molecule has 0 N–H and O–H groups in total. The van der Waals surface area contributed by atoms with E-state index in [0.717, 1.165) is 0 Å². The van der Waals surface area contributed by atoms with Crippen molar-refractivity contribution >= 4 is 5.91 Å². The highest BCUT2D eigenvalue weighted by molar-refractivity contribution is 5.96. The molecule has 0 spiro atoms. The molecule has 1 aromatic rings. The maximum atomic E-state index is 12.7. The van der Waals surface area contributed by atoms with Gasteiger partial charge in [0.25, 0.3) is 5.91 Å². The number of amides is 1. The van der Waals surface area contributed by atoms with E-state index in [2.05, 4.69) is 0 Å². The molecule has 0 radical (unpaired) electrons. The lowest BCUT2D eigenvalue weighted by Crippen LogP contribution is -2.47. The number of benzene rings is 1. The van der Waals surface area contributed by atoms with Gasteiger partial charge in [0.05, 0.1) is 26.4 Å². The van der Waals surface area contributed by atoms with Crippen molar-refractivity contribution < 1.29 is 23.7 Å². The normalized spacial score (nSPS) is 21.0. The minimum absolute atomic E-state index is 0.0407. The molecule has 1 aromatic carbocycles. The van der Waals surface area contributed by atoms with Gasteiger partial charge in [0.15, 0.2) is 11.5 Å². The third-order valence-corrected chi connectivity index (χ3v) is 3.70. The van der Waals surface area contributed by atoms with E-state index in [9.17, 15) is 4.79 Å². The van der Waals surface area contributed by atoms with Gasteiger partial charge in [-0.25, -0.2) is 0 Å². The summed E-state index contributed by atoms with van der Waals surface area (Å²) in [5, 5.41) is 0. The second kappa shape index (κ2) is 5.81. The fraction of sp³-hybridized carbons (Fsp3) is 0.533. The number of hydrogen-bond acceptors (Lipinski definition) is 5. The van der Waals surface area contributed by atoms with Crippen LogP contribution in [0.15, 0.2) is 12.1 Å². The van der Waals surface area contributed by atoms with Gasteiger partial charge in [0, 0.05) is 12.1 Å². The summed E-state index contributed by atoms with van der Waals surface area (Å²) in [6.07, 6.45) is 0. The molecule has 114 valence electrons. The standard InChI is InChI=1S/C15H19NO5/c1-10-9-19-4-3-16(10)15(17)11-7-12(18-2)14-13(8-11)20-5-6-21-14/h7-8,10H,3-6,9H2,1-2H3. The van der Waals surface area contributed by atoms with E-state index in [1.54, 1.807) is 19.2 Å². The highest BCUT2D eigenvalue weighted by Crippen LogP contribution is 2.40. The van der Waals surface area contributed by atoms with Crippen molar-refractivity contribution in [2.75, 3.05) is 40.1 Å². The molecule has 6 heteroatoms. The SMILES string of the molecule is COc1cc(C(=O)N2CCOCC2C)cc2c1OCCO2. The topological polar surface area (TPSA) is 57.2 Å². The van der Waals surface area contributed by atoms with Crippen molar-refractivity contribution in [2.24, 2.45) is 0 Å². The number of carbonyl (C=O) groups is 1. The summed E-state index contributed by atoms with van der Waals surface area (Å²) in [4.78, 5) is 14.5. The molecule has 1 unspecified atom stereocenters. The van der Waals surface area contributed by atoms with Crippen molar-refractivity contribution in [3.63, 3.8) is 0 Å². The Hall–Kier alpha value is -1.95. The van der Waals surface area contributed by atoms with Gasteiger partial charge in [-0.3, -0.25) is 4.79 Å². The van der Waals surface area contributed by atoms with Crippen LogP contribution in [0.3, 0.4) is 0 Å². The number of carbonyl (C=O) groups excluding carboxylic acids is 1. The zero-order chi connectivity index (χ0) is 14.8. The van der Waals surface area contributed by atoms with E-state index in [1.807, 2.05) is 11.8 Å². The number of fused-ring (bicyclic) bond motifs is 1. The first-order chi connectivity index (χ1) is 10.2. The number of hydrogen-bond donors (Lipinski definition) is 0. The maximum Gasteiger partial charge on any atom is 0.254 e. The van der Waals surface area contributed by atoms with Crippen molar-refractivity contribution in [2.45, 2.75) is 13.0 Å². The monoisotopic (exact) mass is 293 g/mol. The average molecular weight is 293 g/mol. The minimum atomic E-state index is -0.0407. The van der Waals surface area contributed by atoms with Gasteiger partial charge in [-0.05, 0) is 19.1 Å². The molecule has 2 aliphatic heterocycles. The third kappa shape index (κ3) is 2.63. The summed E-state index contributed by atoms with van der Waals surface area (Å²) < 4.78 is 21.8. The molecule has 1 fully saturated rings. The first-order valence-electron chi connectivity index (χ1n) is 7.07. The van der Waals surface area contributed by atoms with Crippen LogP contribution in [0.1, 0.15) is 17.3 Å². The van der Waals surface area contributed by atoms with E-state index in [4.69, 9.17) is 18.9 Å². The van der Waals surface area contributed by atoms with Gasteiger partial charge >= 0.3 is 0 Å². The van der Waals surface area contributed by atoms with E-state index in [-0.39, 0.29) is 11.9 Å². The van der Waals surface area contributed by atoms with Crippen LogP contribution >= 0.6 is 0 Å². The van der Waals surface area contributed by atoms with Crippen LogP contribution in [-0.2, 0) is 4.74 Å². The van der Waals surface area contributed by atoms with Crippen LogP contribution in [0.5, 0.6) is 17.2 Å². The smallest absolute Gasteiger partial charge is 0.254 e. The van der Waals surface area contributed by atoms with Crippen molar-refractivity contribution in [1.82, 2.24) is 4.90 Å². The van der Waals surface area contributed by atoms with Crippen LogP contribution < -0.4 is 14.2 Å². The number of nitrogens with zero attached hydrogens (tertiary/aromatic N) is 1. The quantitative estimate of drug-likeness (QED) is 0.823. The second-order valence-electron chi connectivity index (χ2n) is 5.13. The Kier molecular flexibility index (Phi) is 3.88. The predicted octanol–water partition coefficient (Wildman–Crippen LogP) is 1.33. The largest absolute Gasteiger partial charge is 0.493 e. The summed E-state index contributed by atoms with van der Waals surface area (Å²) in [6, 6.07) is 3.49. The molecule has 3 rings (SSSR count). The average Bonchev–Trinajstić information content (AvgIpc) is 2.53. The zero-order valence-electron chi connectivity index (χ0n) is 12.3. The summed E-state index contributed by atoms with van der Waals surface area (Å²) in [5.74, 6) is 1.61. The fourth-order valence-electron chi connectivity index (χ4n) is 2.59. The molecular weight excluding hydrogens is 274 g/mol. The van der Waals surface area contributed by atoms with E-state index in [0.29, 0.717) is 55.8 Å². The molecule has 0 aliphatic carbocycles. The Morgan fingerprint density at radius 2 is 2.10 bits per heavy atom. The van der Waals surface area contributed by atoms with Crippen molar-refractivity contribution in [3.05, 3.63) is 17.7 Å². The number of ether oxygens (including phenoxy) is 4. The molecule has 0 aromatic heterocycles. The van der Waals surface area contributed by atoms with Crippen LogP contribution in [0.4, 0.5) is 0 Å². The molecule has 1 amide bonds.